The highest BCUT2D eigenvalue weighted by Crippen LogP contribution is 2.38. The van der Waals surface area contributed by atoms with Gasteiger partial charge in [0.2, 0.25) is 0 Å². The van der Waals surface area contributed by atoms with Crippen LogP contribution in [-0.2, 0) is 0 Å². The SMILES string of the molecule is CCCCC1CC(c2ccccc2)CCC1O. The maximum atomic E-state index is 10.1. The Bertz CT molecular complexity index is 320. The number of hydrogen-bond acceptors (Lipinski definition) is 1. The van der Waals surface area contributed by atoms with Crippen LogP contribution in [0.3, 0.4) is 0 Å². The molecule has 1 N–H and O–H groups in total. The van der Waals surface area contributed by atoms with Crippen LogP contribution in [0.2, 0.25) is 0 Å². The fourth-order valence-corrected chi connectivity index (χ4v) is 3.05. The predicted octanol–water partition coefficient (Wildman–Crippen LogP) is 4.12. The zero-order valence-electron chi connectivity index (χ0n) is 10.8. The number of aliphatic hydroxyl groups is 1. The summed E-state index contributed by atoms with van der Waals surface area (Å²) in [6.07, 6.45) is 6.93. The molecule has 1 nitrogen and oxygen atoms in total. The molecule has 1 aliphatic carbocycles. The number of hydrogen-bond donors (Lipinski definition) is 1. The van der Waals surface area contributed by atoms with Crippen molar-refractivity contribution in [3.63, 3.8) is 0 Å². The number of aliphatic hydroxyl groups excluding tert-OH is 1. The van der Waals surface area contributed by atoms with Crippen molar-refractivity contribution in [1.29, 1.82) is 0 Å². The fraction of sp³-hybridized carbons (Fsp3) is 0.625. The van der Waals surface area contributed by atoms with Crippen molar-refractivity contribution in [2.75, 3.05) is 0 Å². The molecule has 1 fully saturated rings. The molecule has 0 saturated heterocycles. The normalized spacial score (nSPS) is 29.2. The first kappa shape index (κ1) is 12.6. The zero-order valence-corrected chi connectivity index (χ0v) is 10.8. The second kappa shape index (κ2) is 6.20. The molecule has 0 bridgehead atoms. The van der Waals surface area contributed by atoms with Crippen molar-refractivity contribution in [3.05, 3.63) is 35.9 Å². The van der Waals surface area contributed by atoms with Crippen molar-refractivity contribution in [3.8, 4) is 0 Å². The van der Waals surface area contributed by atoms with E-state index in [4.69, 9.17) is 0 Å². The molecule has 17 heavy (non-hydrogen) atoms. The van der Waals surface area contributed by atoms with Crippen LogP contribution in [0.15, 0.2) is 30.3 Å². The molecular weight excluding hydrogens is 208 g/mol. The molecule has 1 aliphatic rings. The highest BCUT2D eigenvalue weighted by Gasteiger charge is 2.29. The first-order chi connectivity index (χ1) is 8.31. The molecule has 1 saturated carbocycles. The van der Waals surface area contributed by atoms with E-state index in [0.717, 1.165) is 12.8 Å². The zero-order chi connectivity index (χ0) is 12.1. The molecule has 0 amide bonds. The van der Waals surface area contributed by atoms with Gasteiger partial charge < -0.3 is 5.11 Å². The Balaban J connectivity index is 1.97. The van der Waals surface area contributed by atoms with Crippen molar-refractivity contribution < 1.29 is 5.11 Å². The molecular formula is C16H24O. The van der Waals surface area contributed by atoms with E-state index in [2.05, 4.69) is 37.3 Å². The van der Waals surface area contributed by atoms with Gasteiger partial charge >= 0.3 is 0 Å². The van der Waals surface area contributed by atoms with Crippen molar-refractivity contribution in [2.45, 2.75) is 57.5 Å². The van der Waals surface area contributed by atoms with Gasteiger partial charge in [0, 0.05) is 0 Å². The van der Waals surface area contributed by atoms with Gasteiger partial charge in [0.25, 0.3) is 0 Å². The first-order valence-corrected chi connectivity index (χ1v) is 7.04. The summed E-state index contributed by atoms with van der Waals surface area (Å²) >= 11 is 0. The van der Waals surface area contributed by atoms with Crippen LogP contribution >= 0.6 is 0 Å². The smallest absolute Gasteiger partial charge is 0.0568 e. The second-order valence-electron chi connectivity index (χ2n) is 5.39. The Kier molecular flexibility index (Phi) is 4.61. The van der Waals surface area contributed by atoms with Gasteiger partial charge in [-0.05, 0) is 43.1 Å². The molecule has 0 spiro atoms. The van der Waals surface area contributed by atoms with E-state index >= 15 is 0 Å². The quantitative estimate of drug-likeness (QED) is 0.828. The van der Waals surface area contributed by atoms with Crippen LogP contribution in [0, 0.1) is 5.92 Å². The first-order valence-electron chi connectivity index (χ1n) is 7.04. The second-order valence-corrected chi connectivity index (χ2v) is 5.39. The number of rotatable bonds is 4. The maximum absolute atomic E-state index is 10.1. The molecule has 1 aromatic carbocycles. The minimum Gasteiger partial charge on any atom is -0.393 e. The summed E-state index contributed by atoms with van der Waals surface area (Å²) in [7, 11) is 0. The average Bonchev–Trinajstić information content (AvgIpc) is 2.39. The molecule has 1 aromatic rings. The van der Waals surface area contributed by atoms with Gasteiger partial charge in [0.15, 0.2) is 0 Å². The Morgan fingerprint density at radius 2 is 1.94 bits per heavy atom. The Morgan fingerprint density at radius 1 is 1.18 bits per heavy atom. The summed E-state index contributed by atoms with van der Waals surface area (Å²) in [6.45, 7) is 2.23. The predicted molar refractivity (Wildman–Crippen MR) is 72.1 cm³/mol. The molecule has 3 atom stereocenters. The molecule has 0 aromatic heterocycles. The van der Waals surface area contributed by atoms with Gasteiger partial charge in [-0.1, -0.05) is 50.1 Å². The van der Waals surface area contributed by atoms with Gasteiger partial charge in [-0.25, -0.2) is 0 Å². The van der Waals surface area contributed by atoms with E-state index in [0.29, 0.717) is 11.8 Å². The third-order valence-electron chi connectivity index (χ3n) is 4.14. The molecule has 1 heteroatoms. The summed E-state index contributed by atoms with van der Waals surface area (Å²) in [6, 6.07) is 10.8. The molecule has 0 heterocycles. The lowest BCUT2D eigenvalue weighted by Crippen LogP contribution is -2.28. The Hall–Kier alpha value is -0.820. The van der Waals surface area contributed by atoms with E-state index in [1.165, 1.54) is 31.2 Å². The lowest BCUT2D eigenvalue weighted by Gasteiger charge is -2.33. The minimum absolute atomic E-state index is 0.0542. The van der Waals surface area contributed by atoms with Crippen molar-refractivity contribution in [1.82, 2.24) is 0 Å². The topological polar surface area (TPSA) is 20.2 Å². The highest BCUT2D eigenvalue weighted by atomic mass is 16.3. The van der Waals surface area contributed by atoms with Gasteiger partial charge in [-0.15, -0.1) is 0 Å². The van der Waals surface area contributed by atoms with Crippen LogP contribution in [0.4, 0.5) is 0 Å². The molecule has 94 valence electrons. The summed E-state index contributed by atoms with van der Waals surface area (Å²) in [5.74, 6) is 1.19. The summed E-state index contributed by atoms with van der Waals surface area (Å²) < 4.78 is 0. The number of unbranched alkanes of at least 4 members (excludes halogenated alkanes) is 1. The van der Waals surface area contributed by atoms with Gasteiger partial charge in [0.05, 0.1) is 6.10 Å². The van der Waals surface area contributed by atoms with Crippen LogP contribution in [0.5, 0.6) is 0 Å². The summed E-state index contributed by atoms with van der Waals surface area (Å²) in [4.78, 5) is 0. The number of benzene rings is 1. The largest absolute Gasteiger partial charge is 0.393 e. The molecule has 3 unspecified atom stereocenters. The maximum Gasteiger partial charge on any atom is 0.0568 e. The lowest BCUT2D eigenvalue weighted by molar-refractivity contribution is 0.0562. The van der Waals surface area contributed by atoms with Gasteiger partial charge in [-0.3, -0.25) is 0 Å². The van der Waals surface area contributed by atoms with Crippen LogP contribution in [-0.4, -0.2) is 11.2 Å². The summed E-state index contributed by atoms with van der Waals surface area (Å²) in [5.41, 5.74) is 1.46. The van der Waals surface area contributed by atoms with Gasteiger partial charge in [-0.2, -0.15) is 0 Å². The molecule has 2 rings (SSSR count). The summed E-state index contributed by atoms with van der Waals surface area (Å²) in [5, 5.41) is 10.1. The molecule has 0 radical (unpaired) electrons. The van der Waals surface area contributed by atoms with E-state index in [9.17, 15) is 5.11 Å². The lowest BCUT2D eigenvalue weighted by atomic mass is 9.74. The average molecular weight is 232 g/mol. The van der Waals surface area contributed by atoms with E-state index in [1.807, 2.05) is 0 Å². The Morgan fingerprint density at radius 3 is 2.65 bits per heavy atom. The van der Waals surface area contributed by atoms with E-state index < -0.39 is 0 Å². The monoisotopic (exact) mass is 232 g/mol. The standard InChI is InChI=1S/C16H24O/c1-2-3-7-15-12-14(10-11-16(15)17)13-8-5-4-6-9-13/h4-6,8-9,14-17H,2-3,7,10-12H2,1H3. The van der Waals surface area contributed by atoms with E-state index in [-0.39, 0.29) is 6.10 Å². The molecule has 0 aliphatic heterocycles. The fourth-order valence-electron chi connectivity index (χ4n) is 3.05. The minimum atomic E-state index is -0.0542. The third-order valence-corrected chi connectivity index (χ3v) is 4.14. The Labute approximate surface area is 105 Å². The van der Waals surface area contributed by atoms with Crippen LogP contribution in [0.25, 0.3) is 0 Å². The van der Waals surface area contributed by atoms with Gasteiger partial charge in [0.1, 0.15) is 0 Å². The van der Waals surface area contributed by atoms with Crippen LogP contribution < -0.4 is 0 Å². The van der Waals surface area contributed by atoms with E-state index in [1.54, 1.807) is 0 Å². The van der Waals surface area contributed by atoms with Crippen molar-refractivity contribution >= 4 is 0 Å². The third kappa shape index (κ3) is 3.32. The van der Waals surface area contributed by atoms with Crippen molar-refractivity contribution in [2.24, 2.45) is 5.92 Å². The highest BCUT2D eigenvalue weighted by molar-refractivity contribution is 5.20. The van der Waals surface area contributed by atoms with Crippen LogP contribution in [0.1, 0.15) is 56.9 Å².